The van der Waals surface area contributed by atoms with E-state index in [1.807, 2.05) is 0 Å². The molecular weight excluding hydrogens is 250 g/mol. The molecule has 0 aromatic heterocycles. The van der Waals surface area contributed by atoms with E-state index >= 15 is 0 Å². The van der Waals surface area contributed by atoms with Gasteiger partial charge in [-0.1, -0.05) is 0 Å². The number of aldehydes is 1. The Labute approximate surface area is 112 Å². The molecule has 0 N–H and O–H groups in total. The maximum absolute atomic E-state index is 12.0. The van der Waals surface area contributed by atoms with Gasteiger partial charge in [-0.2, -0.15) is 0 Å². The zero-order chi connectivity index (χ0) is 14.6. The van der Waals surface area contributed by atoms with Gasteiger partial charge in [0.15, 0.2) is 0 Å². The van der Waals surface area contributed by atoms with E-state index in [2.05, 4.69) is 4.74 Å². The van der Waals surface area contributed by atoms with Crippen molar-refractivity contribution in [3.63, 3.8) is 0 Å². The van der Waals surface area contributed by atoms with Gasteiger partial charge in [0, 0.05) is 11.8 Å². The molecule has 0 bridgehead atoms. The van der Waals surface area contributed by atoms with Crippen molar-refractivity contribution < 1.29 is 23.9 Å². The summed E-state index contributed by atoms with van der Waals surface area (Å²) >= 11 is 0. The van der Waals surface area contributed by atoms with Crippen molar-refractivity contribution in [2.75, 3.05) is 7.11 Å². The summed E-state index contributed by atoms with van der Waals surface area (Å²) in [7, 11) is 1.26. The van der Waals surface area contributed by atoms with E-state index < -0.39 is 23.7 Å². The Morgan fingerprint density at radius 1 is 1.42 bits per heavy atom. The molecule has 0 unspecified atom stereocenters. The number of rotatable bonds is 2. The van der Waals surface area contributed by atoms with Crippen molar-refractivity contribution >= 4 is 18.3 Å². The van der Waals surface area contributed by atoms with Crippen molar-refractivity contribution in [2.45, 2.75) is 45.3 Å². The highest BCUT2D eigenvalue weighted by Crippen LogP contribution is 2.23. The molecule has 1 heterocycles. The van der Waals surface area contributed by atoms with Crippen LogP contribution in [0.15, 0.2) is 11.8 Å². The molecule has 6 nitrogen and oxygen atoms in total. The third kappa shape index (κ3) is 4.08. The largest absolute Gasteiger partial charge is 0.467 e. The first-order valence-corrected chi connectivity index (χ1v) is 6.03. The van der Waals surface area contributed by atoms with Crippen molar-refractivity contribution in [3.8, 4) is 0 Å². The lowest BCUT2D eigenvalue weighted by atomic mass is 10.0. The fourth-order valence-electron chi connectivity index (χ4n) is 1.73. The first kappa shape index (κ1) is 15.2. The van der Waals surface area contributed by atoms with Crippen LogP contribution in [0.1, 0.15) is 33.6 Å². The van der Waals surface area contributed by atoms with Crippen LogP contribution in [0.2, 0.25) is 0 Å². The summed E-state index contributed by atoms with van der Waals surface area (Å²) in [5, 5.41) is 0. The number of nitrogens with zero attached hydrogens (tertiary/aromatic N) is 1. The first-order chi connectivity index (χ1) is 8.78. The molecule has 106 valence electrons. The standard InChI is InChI=1S/C13H19NO5/c1-13(2,3)19-12(17)14-7-9(8-15)5-6-10(14)11(16)18-4/h7-8,10H,5-6H2,1-4H3/t10-/m1/s1. The molecule has 0 spiro atoms. The number of methoxy groups -OCH3 is 1. The predicted molar refractivity (Wildman–Crippen MR) is 67.3 cm³/mol. The van der Waals surface area contributed by atoms with E-state index in [0.717, 1.165) is 4.90 Å². The third-order valence-electron chi connectivity index (χ3n) is 2.58. The summed E-state index contributed by atoms with van der Waals surface area (Å²) in [6, 6.07) is -0.747. The molecule has 0 radical (unpaired) electrons. The summed E-state index contributed by atoms with van der Waals surface area (Å²) in [5.74, 6) is -0.521. The highest BCUT2D eigenvalue weighted by Gasteiger charge is 2.35. The van der Waals surface area contributed by atoms with Crippen molar-refractivity contribution in [1.82, 2.24) is 4.90 Å². The van der Waals surface area contributed by atoms with Crippen molar-refractivity contribution in [3.05, 3.63) is 11.8 Å². The Bertz CT molecular complexity index is 408. The molecule has 0 saturated heterocycles. The zero-order valence-electron chi connectivity index (χ0n) is 11.6. The monoisotopic (exact) mass is 269 g/mol. The van der Waals surface area contributed by atoms with E-state index in [9.17, 15) is 14.4 Å². The SMILES string of the molecule is COC(=O)[C@H]1CCC(C=O)=CN1C(=O)OC(C)(C)C. The molecule has 0 fully saturated rings. The Morgan fingerprint density at radius 3 is 2.53 bits per heavy atom. The minimum Gasteiger partial charge on any atom is -0.467 e. The first-order valence-electron chi connectivity index (χ1n) is 6.03. The summed E-state index contributed by atoms with van der Waals surface area (Å²) in [6.07, 6.45) is 2.14. The molecule has 1 amide bonds. The summed E-state index contributed by atoms with van der Waals surface area (Å²) in [6.45, 7) is 5.19. The van der Waals surface area contributed by atoms with Gasteiger partial charge >= 0.3 is 12.1 Å². The number of amides is 1. The van der Waals surface area contributed by atoms with Gasteiger partial charge in [-0.05, 0) is 33.6 Å². The Kier molecular flexibility index (Phi) is 4.69. The van der Waals surface area contributed by atoms with Crippen LogP contribution in [0.5, 0.6) is 0 Å². The van der Waals surface area contributed by atoms with Gasteiger partial charge in [0.1, 0.15) is 17.9 Å². The van der Waals surface area contributed by atoms with Gasteiger partial charge in [0.05, 0.1) is 7.11 Å². The normalized spacial score (nSPS) is 19.5. The zero-order valence-corrected chi connectivity index (χ0v) is 11.6. The van der Waals surface area contributed by atoms with Gasteiger partial charge < -0.3 is 9.47 Å². The van der Waals surface area contributed by atoms with Gasteiger partial charge in [-0.15, -0.1) is 0 Å². The lowest BCUT2D eigenvalue weighted by Gasteiger charge is -2.32. The molecule has 0 aromatic carbocycles. The molecular formula is C13H19NO5. The average molecular weight is 269 g/mol. The molecule has 1 aliphatic rings. The second-order valence-electron chi connectivity index (χ2n) is 5.29. The summed E-state index contributed by atoms with van der Waals surface area (Å²) in [4.78, 5) is 35.6. The van der Waals surface area contributed by atoms with Gasteiger partial charge in [-0.25, -0.2) is 9.59 Å². The molecule has 19 heavy (non-hydrogen) atoms. The fraction of sp³-hybridized carbons (Fsp3) is 0.615. The number of hydrogen-bond donors (Lipinski definition) is 0. The molecule has 0 aromatic rings. The maximum atomic E-state index is 12.0. The number of allylic oxidation sites excluding steroid dienone is 1. The van der Waals surface area contributed by atoms with Crippen LogP contribution in [0, 0.1) is 0 Å². The fourth-order valence-corrected chi connectivity index (χ4v) is 1.73. The van der Waals surface area contributed by atoms with E-state index in [4.69, 9.17) is 4.74 Å². The minimum atomic E-state index is -0.747. The number of esters is 1. The Morgan fingerprint density at radius 2 is 2.05 bits per heavy atom. The van der Waals surface area contributed by atoms with E-state index in [0.29, 0.717) is 24.7 Å². The van der Waals surface area contributed by atoms with Crippen LogP contribution in [-0.2, 0) is 19.1 Å². The van der Waals surface area contributed by atoms with Crippen LogP contribution < -0.4 is 0 Å². The highest BCUT2D eigenvalue weighted by molar-refractivity contribution is 5.84. The lowest BCUT2D eigenvalue weighted by Crippen LogP contribution is -2.46. The number of hydrogen-bond acceptors (Lipinski definition) is 5. The van der Waals surface area contributed by atoms with E-state index in [1.165, 1.54) is 13.3 Å². The lowest BCUT2D eigenvalue weighted by molar-refractivity contribution is -0.146. The molecule has 6 heteroatoms. The molecule has 0 aliphatic carbocycles. The average Bonchev–Trinajstić information content (AvgIpc) is 2.35. The third-order valence-corrected chi connectivity index (χ3v) is 2.58. The molecule has 1 aliphatic heterocycles. The van der Waals surface area contributed by atoms with Crippen LogP contribution >= 0.6 is 0 Å². The maximum Gasteiger partial charge on any atom is 0.415 e. The predicted octanol–water partition coefficient (Wildman–Crippen LogP) is 1.64. The summed E-state index contributed by atoms with van der Waals surface area (Å²) in [5.41, 5.74) is -0.226. The van der Waals surface area contributed by atoms with Crippen molar-refractivity contribution in [2.24, 2.45) is 0 Å². The number of ether oxygens (including phenoxy) is 2. The second kappa shape index (κ2) is 5.86. The van der Waals surface area contributed by atoms with Crippen molar-refractivity contribution in [1.29, 1.82) is 0 Å². The summed E-state index contributed by atoms with van der Waals surface area (Å²) < 4.78 is 9.88. The highest BCUT2D eigenvalue weighted by atomic mass is 16.6. The van der Waals surface area contributed by atoms with E-state index in [-0.39, 0.29) is 0 Å². The quantitative estimate of drug-likeness (QED) is 0.563. The Balaban J connectivity index is 2.96. The number of carbonyl (C=O) groups is 3. The molecule has 0 saturated carbocycles. The van der Waals surface area contributed by atoms with Gasteiger partial charge in [0.25, 0.3) is 0 Å². The van der Waals surface area contributed by atoms with Gasteiger partial charge in [-0.3, -0.25) is 9.69 Å². The van der Waals surface area contributed by atoms with Crippen LogP contribution in [0.3, 0.4) is 0 Å². The number of carbonyl (C=O) groups excluding carboxylic acids is 3. The van der Waals surface area contributed by atoms with Crippen LogP contribution in [-0.4, -0.2) is 42.0 Å². The Hall–Kier alpha value is -1.85. The van der Waals surface area contributed by atoms with Crippen LogP contribution in [0.4, 0.5) is 4.79 Å². The van der Waals surface area contributed by atoms with E-state index in [1.54, 1.807) is 20.8 Å². The topological polar surface area (TPSA) is 72.9 Å². The van der Waals surface area contributed by atoms with Crippen LogP contribution in [0.25, 0.3) is 0 Å². The molecule has 1 rings (SSSR count). The minimum absolute atomic E-state index is 0.344. The molecule has 1 atom stereocenters. The smallest absolute Gasteiger partial charge is 0.415 e. The van der Waals surface area contributed by atoms with Gasteiger partial charge in [0.2, 0.25) is 0 Å². The second-order valence-corrected chi connectivity index (χ2v) is 5.29.